The molecule has 1 amide bonds. The number of nitrogens with zero attached hydrogens (tertiary/aromatic N) is 1. The van der Waals surface area contributed by atoms with E-state index in [-0.39, 0.29) is 17.3 Å². The monoisotopic (exact) mass is 314 g/mol. The van der Waals surface area contributed by atoms with Gasteiger partial charge in [-0.15, -0.1) is 0 Å². The van der Waals surface area contributed by atoms with Gasteiger partial charge in [0.2, 0.25) is 0 Å². The lowest BCUT2D eigenvalue weighted by molar-refractivity contribution is -0.384. The third kappa shape index (κ3) is 3.85. The molecule has 0 aromatic heterocycles. The van der Waals surface area contributed by atoms with Crippen molar-refractivity contribution >= 4 is 17.3 Å². The van der Waals surface area contributed by atoms with E-state index in [1.165, 1.54) is 25.3 Å². The highest BCUT2D eigenvalue weighted by Gasteiger charge is 2.14. The van der Waals surface area contributed by atoms with Gasteiger partial charge in [-0.25, -0.2) is 0 Å². The number of anilines is 1. The lowest BCUT2D eigenvalue weighted by atomic mass is 10.0. The van der Waals surface area contributed by atoms with Gasteiger partial charge in [0, 0.05) is 11.6 Å². The van der Waals surface area contributed by atoms with Gasteiger partial charge in [-0.3, -0.25) is 14.9 Å². The molecular weight excluding hydrogens is 296 g/mol. The first-order valence-corrected chi connectivity index (χ1v) is 7.16. The van der Waals surface area contributed by atoms with E-state index in [4.69, 9.17) is 4.74 Å². The second kappa shape index (κ2) is 6.91. The molecule has 0 saturated carbocycles. The van der Waals surface area contributed by atoms with Crippen molar-refractivity contribution in [3.63, 3.8) is 0 Å². The van der Waals surface area contributed by atoms with Crippen LogP contribution in [0.25, 0.3) is 0 Å². The van der Waals surface area contributed by atoms with Crippen LogP contribution in [0.4, 0.5) is 11.4 Å². The van der Waals surface area contributed by atoms with E-state index in [1.807, 2.05) is 12.1 Å². The third-order valence-electron chi connectivity index (χ3n) is 3.48. The summed E-state index contributed by atoms with van der Waals surface area (Å²) in [6, 6.07) is 11.4. The van der Waals surface area contributed by atoms with E-state index in [0.29, 0.717) is 17.2 Å². The van der Waals surface area contributed by atoms with Crippen molar-refractivity contribution < 1.29 is 14.5 Å². The number of hydrogen-bond donors (Lipinski definition) is 1. The number of hydrogen-bond acceptors (Lipinski definition) is 4. The van der Waals surface area contributed by atoms with Crippen molar-refractivity contribution in [2.24, 2.45) is 0 Å². The van der Waals surface area contributed by atoms with Gasteiger partial charge in [-0.05, 0) is 29.7 Å². The Hall–Kier alpha value is -2.89. The van der Waals surface area contributed by atoms with Crippen LogP contribution in [0.15, 0.2) is 42.5 Å². The molecule has 1 N–H and O–H groups in total. The van der Waals surface area contributed by atoms with Crippen molar-refractivity contribution in [1.82, 2.24) is 0 Å². The van der Waals surface area contributed by atoms with Crippen molar-refractivity contribution in [2.45, 2.75) is 19.8 Å². The Labute approximate surface area is 134 Å². The minimum atomic E-state index is -0.515. The molecule has 120 valence electrons. The molecule has 0 atom stereocenters. The highest BCUT2D eigenvalue weighted by molar-refractivity contribution is 6.05. The number of non-ortho nitro benzene ring substituents is 1. The summed E-state index contributed by atoms with van der Waals surface area (Å²) >= 11 is 0. The van der Waals surface area contributed by atoms with E-state index in [0.717, 1.165) is 5.56 Å². The fourth-order valence-corrected chi connectivity index (χ4v) is 2.11. The Balaban J connectivity index is 2.21. The molecule has 2 rings (SSSR count). The molecule has 0 aliphatic rings. The van der Waals surface area contributed by atoms with Crippen LogP contribution in [-0.4, -0.2) is 17.9 Å². The third-order valence-corrected chi connectivity index (χ3v) is 3.48. The summed E-state index contributed by atoms with van der Waals surface area (Å²) in [5.41, 5.74) is 1.95. The zero-order valence-corrected chi connectivity index (χ0v) is 13.2. The average Bonchev–Trinajstić information content (AvgIpc) is 2.55. The molecule has 0 aliphatic carbocycles. The Kier molecular flexibility index (Phi) is 4.95. The van der Waals surface area contributed by atoms with Crippen LogP contribution < -0.4 is 10.1 Å². The number of ether oxygens (including phenoxy) is 1. The molecule has 2 aromatic rings. The van der Waals surface area contributed by atoms with Crippen molar-refractivity contribution in [1.29, 1.82) is 0 Å². The van der Waals surface area contributed by atoms with Crippen LogP contribution in [-0.2, 0) is 0 Å². The molecular formula is C17H18N2O4. The normalized spacial score (nSPS) is 10.4. The summed E-state index contributed by atoms with van der Waals surface area (Å²) in [4.78, 5) is 22.5. The number of rotatable bonds is 5. The number of methoxy groups -OCH3 is 1. The molecule has 0 bridgehead atoms. The fourth-order valence-electron chi connectivity index (χ4n) is 2.11. The minimum Gasteiger partial charge on any atom is -0.494 e. The van der Waals surface area contributed by atoms with E-state index in [9.17, 15) is 14.9 Å². The zero-order valence-electron chi connectivity index (χ0n) is 13.2. The largest absolute Gasteiger partial charge is 0.494 e. The molecule has 0 radical (unpaired) electrons. The number of carbonyl (C=O) groups excluding carboxylic acids is 1. The summed E-state index contributed by atoms with van der Waals surface area (Å²) in [6.45, 7) is 4.16. The van der Waals surface area contributed by atoms with E-state index in [2.05, 4.69) is 19.2 Å². The first kappa shape index (κ1) is 16.5. The summed E-state index contributed by atoms with van der Waals surface area (Å²) in [6.07, 6.45) is 0. The van der Waals surface area contributed by atoms with Crippen LogP contribution in [0.2, 0.25) is 0 Å². The van der Waals surface area contributed by atoms with Gasteiger partial charge in [0.1, 0.15) is 5.75 Å². The van der Waals surface area contributed by atoms with Gasteiger partial charge < -0.3 is 10.1 Å². The first-order valence-electron chi connectivity index (χ1n) is 7.16. The van der Waals surface area contributed by atoms with Gasteiger partial charge in [-0.2, -0.15) is 0 Å². The standard InChI is InChI=1S/C17H18N2O4/c1-11(2)12-4-6-13(7-5-12)17(20)18-15-9-8-14(19(21)22)10-16(15)23-3/h4-11H,1-3H3,(H,18,20). The molecule has 0 aliphatic heterocycles. The Morgan fingerprint density at radius 3 is 2.35 bits per heavy atom. The molecule has 0 fully saturated rings. The van der Waals surface area contributed by atoms with Crippen LogP contribution in [0.3, 0.4) is 0 Å². The van der Waals surface area contributed by atoms with Crippen LogP contribution in [0, 0.1) is 10.1 Å². The lowest BCUT2D eigenvalue weighted by Crippen LogP contribution is -2.12. The topological polar surface area (TPSA) is 81.5 Å². The van der Waals surface area contributed by atoms with Gasteiger partial charge in [-0.1, -0.05) is 26.0 Å². The maximum absolute atomic E-state index is 12.3. The highest BCUT2D eigenvalue weighted by atomic mass is 16.6. The average molecular weight is 314 g/mol. The van der Waals surface area contributed by atoms with E-state index < -0.39 is 4.92 Å². The molecule has 2 aromatic carbocycles. The number of nitro groups is 1. The maximum atomic E-state index is 12.3. The lowest BCUT2D eigenvalue weighted by Gasteiger charge is -2.11. The highest BCUT2D eigenvalue weighted by Crippen LogP contribution is 2.29. The van der Waals surface area contributed by atoms with Gasteiger partial charge in [0.25, 0.3) is 11.6 Å². The molecule has 0 heterocycles. The predicted molar refractivity (Wildman–Crippen MR) is 88.1 cm³/mol. The first-order chi connectivity index (χ1) is 10.9. The molecule has 0 spiro atoms. The Morgan fingerprint density at radius 1 is 1.17 bits per heavy atom. The quantitative estimate of drug-likeness (QED) is 0.668. The number of carbonyl (C=O) groups is 1. The van der Waals surface area contributed by atoms with Crippen molar-refractivity contribution in [2.75, 3.05) is 12.4 Å². The van der Waals surface area contributed by atoms with E-state index in [1.54, 1.807) is 12.1 Å². The number of benzene rings is 2. The number of nitrogens with one attached hydrogen (secondary N) is 1. The molecule has 6 nitrogen and oxygen atoms in total. The molecule has 23 heavy (non-hydrogen) atoms. The minimum absolute atomic E-state index is 0.0962. The summed E-state index contributed by atoms with van der Waals surface area (Å²) in [5, 5.41) is 13.5. The number of nitro benzene ring substituents is 1. The summed E-state index contributed by atoms with van der Waals surface area (Å²) in [5.74, 6) is 0.334. The van der Waals surface area contributed by atoms with Crippen molar-refractivity contribution in [3.05, 3.63) is 63.7 Å². The zero-order chi connectivity index (χ0) is 17.0. The Bertz CT molecular complexity index is 724. The molecule has 6 heteroatoms. The maximum Gasteiger partial charge on any atom is 0.273 e. The smallest absolute Gasteiger partial charge is 0.273 e. The van der Waals surface area contributed by atoms with Gasteiger partial charge >= 0.3 is 0 Å². The van der Waals surface area contributed by atoms with Gasteiger partial charge in [0.15, 0.2) is 0 Å². The summed E-state index contributed by atoms with van der Waals surface area (Å²) < 4.78 is 5.10. The predicted octanol–water partition coefficient (Wildman–Crippen LogP) is 3.98. The van der Waals surface area contributed by atoms with Crippen LogP contribution in [0.5, 0.6) is 5.75 Å². The SMILES string of the molecule is COc1cc([N+](=O)[O-])ccc1NC(=O)c1ccc(C(C)C)cc1. The second-order valence-electron chi connectivity index (χ2n) is 5.37. The summed E-state index contributed by atoms with van der Waals surface area (Å²) in [7, 11) is 1.39. The second-order valence-corrected chi connectivity index (χ2v) is 5.37. The van der Waals surface area contributed by atoms with Crippen LogP contribution >= 0.6 is 0 Å². The van der Waals surface area contributed by atoms with E-state index >= 15 is 0 Å². The molecule has 0 unspecified atom stereocenters. The Morgan fingerprint density at radius 2 is 1.83 bits per heavy atom. The van der Waals surface area contributed by atoms with Crippen molar-refractivity contribution in [3.8, 4) is 5.75 Å². The number of amides is 1. The van der Waals surface area contributed by atoms with Gasteiger partial charge in [0.05, 0.1) is 23.8 Å². The van der Waals surface area contributed by atoms with Crippen LogP contribution in [0.1, 0.15) is 35.7 Å². The fraction of sp³-hybridized carbons (Fsp3) is 0.235. The molecule has 0 saturated heterocycles.